The summed E-state index contributed by atoms with van der Waals surface area (Å²) in [6, 6.07) is 8.31. The van der Waals surface area contributed by atoms with E-state index in [2.05, 4.69) is 52.9 Å². The summed E-state index contributed by atoms with van der Waals surface area (Å²) in [5.41, 5.74) is 5.12. The van der Waals surface area contributed by atoms with Crippen molar-refractivity contribution in [2.45, 2.75) is 6.92 Å². The van der Waals surface area contributed by atoms with Gasteiger partial charge in [-0.15, -0.1) is 0 Å². The number of rotatable bonds is 3. The van der Waals surface area contributed by atoms with Gasteiger partial charge in [-0.1, -0.05) is 0 Å². The Hall–Kier alpha value is -3.42. The van der Waals surface area contributed by atoms with Gasteiger partial charge in [-0.05, 0) is 31.2 Å². The Morgan fingerprint density at radius 3 is 2.46 bits per heavy atom. The minimum absolute atomic E-state index is 0.607. The van der Waals surface area contributed by atoms with Crippen molar-refractivity contribution in [1.29, 1.82) is 0 Å². The van der Waals surface area contributed by atoms with Crippen LogP contribution in [-0.2, 0) is 0 Å². The molecule has 4 heterocycles. The lowest BCUT2D eigenvalue weighted by Crippen LogP contribution is -2.47. The molecule has 8 heteroatoms. The highest BCUT2D eigenvalue weighted by atomic mass is 16.5. The third kappa shape index (κ3) is 2.77. The van der Waals surface area contributed by atoms with Gasteiger partial charge in [-0.3, -0.25) is 0 Å². The number of anilines is 2. The molecule has 0 aliphatic carbocycles. The molecule has 1 aromatic carbocycles. The lowest BCUT2D eigenvalue weighted by molar-refractivity contribution is 0.402. The van der Waals surface area contributed by atoms with Crippen molar-refractivity contribution >= 4 is 33.4 Å². The molecule has 4 aromatic rings. The van der Waals surface area contributed by atoms with Gasteiger partial charge in [0.15, 0.2) is 5.82 Å². The molecule has 0 spiro atoms. The third-order valence-electron chi connectivity index (χ3n) is 5.25. The van der Waals surface area contributed by atoms with E-state index in [0.717, 1.165) is 65.3 Å². The van der Waals surface area contributed by atoms with Crippen LogP contribution in [0.25, 0.3) is 21.9 Å². The molecular weight excluding hydrogens is 354 g/mol. The van der Waals surface area contributed by atoms with Crippen LogP contribution in [0.1, 0.15) is 5.69 Å². The van der Waals surface area contributed by atoms with E-state index in [-0.39, 0.29) is 0 Å². The maximum Gasteiger partial charge on any atom is 0.224 e. The number of methoxy groups -OCH3 is 1. The summed E-state index contributed by atoms with van der Waals surface area (Å²) in [6.45, 7) is 5.65. The monoisotopic (exact) mass is 375 g/mol. The van der Waals surface area contributed by atoms with Gasteiger partial charge in [-0.2, -0.15) is 0 Å². The first-order chi connectivity index (χ1) is 13.7. The summed E-state index contributed by atoms with van der Waals surface area (Å²) in [5.74, 6) is 1.59. The van der Waals surface area contributed by atoms with Crippen molar-refractivity contribution in [3.8, 4) is 5.88 Å². The Morgan fingerprint density at radius 2 is 1.64 bits per heavy atom. The van der Waals surface area contributed by atoms with Crippen LogP contribution in [0.4, 0.5) is 11.5 Å². The predicted molar refractivity (Wildman–Crippen MR) is 109 cm³/mol. The lowest BCUT2D eigenvalue weighted by Gasteiger charge is -2.36. The molecule has 0 unspecified atom stereocenters. The molecule has 3 aromatic heterocycles. The van der Waals surface area contributed by atoms with Crippen LogP contribution in [-0.4, -0.2) is 58.2 Å². The summed E-state index contributed by atoms with van der Waals surface area (Å²) < 4.78 is 5.39. The van der Waals surface area contributed by atoms with E-state index >= 15 is 0 Å². The lowest BCUT2D eigenvalue weighted by atomic mass is 10.2. The van der Waals surface area contributed by atoms with Gasteiger partial charge < -0.3 is 19.5 Å². The molecule has 1 aliphatic rings. The topological polar surface area (TPSA) is 83.1 Å². The van der Waals surface area contributed by atoms with Crippen LogP contribution in [0.5, 0.6) is 5.88 Å². The molecule has 5 rings (SSSR count). The van der Waals surface area contributed by atoms with Crippen molar-refractivity contribution in [2.24, 2.45) is 0 Å². The average molecular weight is 375 g/mol. The zero-order valence-electron chi connectivity index (χ0n) is 15.9. The van der Waals surface area contributed by atoms with Crippen molar-refractivity contribution in [3.05, 3.63) is 42.6 Å². The minimum Gasteiger partial charge on any atom is -0.480 e. The van der Waals surface area contributed by atoms with E-state index in [1.165, 1.54) is 6.33 Å². The number of hydrogen-bond donors (Lipinski definition) is 1. The summed E-state index contributed by atoms with van der Waals surface area (Å²) in [5, 5.41) is 0.935. The van der Waals surface area contributed by atoms with Crippen LogP contribution in [0, 0.1) is 6.92 Å². The normalized spacial score (nSPS) is 14.8. The number of aromatic nitrogens is 5. The second-order valence-corrected chi connectivity index (χ2v) is 6.97. The summed E-state index contributed by atoms with van der Waals surface area (Å²) in [7, 11) is 1.64. The fourth-order valence-electron chi connectivity index (χ4n) is 3.85. The van der Waals surface area contributed by atoms with Crippen molar-refractivity contribution in [3.63, 3.8) is 0 Å². The highest BCUT2D eigenvalue weighted by Crippen LogP contribution is 2.28. The highest BCUT2D eigenvalue weighted by Gasteiger charge is 2.21. The van der Waals surface area contributed by atoms with E-state index in [0.29, 0.717) is 5.88 Å². The second kappa shape index (κ2) is 6.63. The molecule has 0 amide bonds. The zero-order chi connectivity index (χ0) is 19.1. The smallest absolute Gasteiger partial charge is 0.224 e. The molecule has 28 heavy (non-hydrogen) atoms. The summed E-state index contributed by atoms with van der Waals surface area (Å²) in [6.07, 6.45) is 3.18. The van der Waals surface area contributed by atoms with E-state index in [9.17, 15) is 0 Å². The van der Waals surface area contributed by atoms with Crippen LogP contribution >= 0.6 is 0 Å². The number of piperazine rings is 1. The van der Waals surface area contributed by atoms with Gasteiger partial charge in [0.05, 0.1) is 23.5 Å². The van der Waals surface area contributed by atoms with Crippen molar-refractivity contribution in [2.75, 3.05) is 43.1 Å². The number of aryl methyl sites for hydroxylation is 1. The van der Waals surface area contributed by atoms with Gasteiger partial charge in [-0.25, -0.2) is 19.9 Å². The molecule has 0 atom stereocenters. The second-order valence-electron chi connectivity index (χ2n) is 6.97. The summed E-state index contributed by atoms with van der Waals surface area (Å²) in [4.78, 5) is 25.5. The number of fused-ring (bicyclic) bond motifs is 2. The molecule has 1 fully saturated rings. The largest absolute Gasteiger partial charge is 0.480 e. The van der Waals surface area contributed by atoms with Crippen LogP contribution in [0.15, 0.2) is 36.9 Å². The van der Waals surface area contributed by atoms with E-state index in [1.807, 2.05) is 13.0 Å². The summed E-state index contributed by atoms with van der Waals surface area (Å²) >= 11 is 0. The quantitative estimate of drug-likeness (QED) is 0.589. The number of aromatic amines is 1. The maximum absolute atomic E-state index is 5.39. The third-order valence-corrected chi connectivity index (χ3v) is 5.25. The van der Waals surface area contributed by atoms with Crippen molar-refractivity contribution in [1.82, 2.24) is 24.9 Å². The van der Waals surface area contributed by atoms with Crippen molar-refractivity contribution < 1.29 is 4.74 Å². The number of nitrogens with zero attached hydrogens (tertiary/aromatic N) is 6. The number of benzene rings is 1. The first kappa shape index (κ1) is 16.7. The molecule has 0 bridgehead atoms. The molecule has 1 saturated heterocycles. The number of hydrogen-bond acceptors (Lipinski definition) is 7. The Kier molecular flexibility index (Phi) is 3.96. The standard InChI is InChI=1S/C20H21N7O/c1-13-9-17-18(25-13)19(23-11-22-17)27-7-5-26(6-8-27)14-3-4-16-15(10-14)20(28-2)24-12-21-16/h3-4,9-12,25H,5-8H2,1-2H3. The Labute approximate surface area is 162 Å². The van der Waals surface area contributed by atoms with Crippen LogP contribution < -0.4 is 14.5 Å². The fraction of sp³-hybridized carbons (Fsp3) is 0.300. The van der Waals surface area contributed by atoms with Gasteiger partial charge in [0.2, 0.25) is 5.88 Å². The minimum atomic E-state index is 0.607. The number of nitrogens with one attached hydrogen (secondary N) is 1. The molecule has 1 aliphatic heterocycles. The predicted octanol–water partition coefficient (Wildman–Crippen LogP) is 2.54. The molecule has 0 saturated carbocycles. The zero-order valence-corrected chi connectivity index (χ0v) is 15.9. The van der Waals surface area contributed by atoms with Gasteiger partial charge in [0.25, 0.3) is 0 Å². The molecular formula is C20H21N7O. The number of ether oxygens (including phenoxy) is 1. The van der Waals surface area contributed by atoms with Crippen LogP contribution in [0.3, 0.4) is 0 Å². The first-order valence-corrected chi connectivity index (χ1v) is 9.32. The SMILES string of the molecule is COc1ncnc2ccc(N3CCN(c4ncnc5cc(C)[nH]c45)CC3)cc12. The highest BCUT2D eigenvalue weighted by molar-refractivity contribution is 5.88. The maximum atomic E-state index is 5.39. The fourth-order valence-corrected chi connectivity index (χ4v) is 3.85. The average Bonchev–Trinajstić information content (AvgIpc) is 3.13. The van der Waals surface area contributed by atoms with E-state index < -0.39 is 0 Å². The Bertz CT molecular complexity index is 1150. The van der Waals surface area contributed by atoms with Gasteiger partial charge in [0, 0.05) is 37.6 Å². The molecule has 1 N–H and O–H groups in total. The molecule has 8 nitrogen and oxygen atoms in total. The Morgan fingerprint density at radius 1 is 0.893 bits per heavy atom. The number of H-pyrrole nitrogens is 1. The van der Waals surface area contributed by atoms with E-state index in [4.69, 9.17) is 4.74 Å². The van der Waals surface area contributed by atoms with Gasteiger partial charge in [0.1, 0.15) is 18.2 Å². The van der Waals surface area contributed by atoms with Crippen LogP contribution in [0.2, 0.25) is 0 Å². The first-order valence-electron chi connectivity index (χ1n) is 9.32. The van der Waals surface area contributed by atoms with Gasteiger partial charge >= 0.3 is 0 Å². The van der Waals surface area contributed by atoms with E-state index in [1.54, 1.807) is 13.4 Å². The Balaban J connectivity index is 1.39. The molecule has 0 radical (unpaired) electrons. The molecule has 142 valence electrons.